The van der Waals surface area contributed by atoms with E-state index in [1.54, 1.807) is 0 Å². The molecule has 0 radical (unpaired) electrons. The Morgan fingerprint density at radius 2 is 2.31 bits per heavy atom. The van der Waals surface area contributed by atoms with E-state index in [-0.39, 0.29) is 6.10 Å². The van der Waals surface area contributed by atoms with E-state index in [1.807, 2.05) is 19.2 Å². The minimum atomic E-state index is -0.158. The van der Waals surface area contributed by atoms with Crippen molar-refractivity contribution in [3.05, 3.63) is 29.6 Å². The average molecular weight is 220 g/mol. The highest BCUT2D eigenvalue weighted by Crippen LogP contribution is 2.23. The van der Waals surface area contributed by atoms with Gasteiger partial charge in [0.1, 0.15) is 0 Å². The van der Waals surface area contributed by atoms with Crippen LogP contribution in [0, 0.1) is 6.92 Å². The lowest BCUT2D eigenvalue weighted by Gasteiger charge is -2.34. The molecule has 2 rings (SSSR count). The number of likely N-dealkylation sites (tertiary alicyclic amines) is 1. The standard InChI is InChI=1S/C13H20N2O/c1-10-5-6-12(8-14-10)11(2)15-7-3-4-13(16)9-15/h5-6,8,11,13,16H,3-4,7,9H2,1-2H3/t11?,13-/m0/s1. The Morgan fingerprint density at radius 1 is 1.50 bits per heavy atom. The van der Waals surface area contributed by atoms with Gasteiger partial charge >= 0.3 is 0 Å². The summed E-state index contributed by atoms with van der Waals surface area (Å²) in [5.41, 5.74) is 2.29. The summed E-state index contributed by atoms with van der Waals surface area (Å²) in [4.78, 5) is 6.66. The molecule has 1 fully saturated rings. The molecule has 1 saturated heterocycles. The van der Waals surface area contributed by atoms with Crippen molar-refractivity contribution >= 4 is 0 Å². The summed E-state index contributed by atoms with van der Waals surface area (Å²) < 4.78 is 0. The number of hydrogen-bond acceptors (Lipinski definition) is 3. The largest absolute Gasteiger partial charge is 0.392 e. The van der Waals surface area contributed by atoms with Crippen LogP contribution in [0.5, 0.6) is 0 Å². The maximum Gasteiger partial charge on any atom is 0.0667 e. The van der Waals surface area contributed by atoms with Crippen LogP contribution in [-0.2, 0) is 0 Å². The van der Waals surface area contributed by atoms with E-state index < -0.39 is 0 Å². The summed E-state index contributed by atoms with van der Waals surface area (Å²) in [6, 6.07) is 4.53. The minimum Gasteiger partial charge on any atom is -0.392 e. The van der Waals surface area contributed by atoms with Crippen LogP contribution in [0.2, 0.25) is 0 Å². The van der Waals surface area contributed by atoms with Gasteiger partial charge in [-0.25, -0.2) is 0 Å². The minimum absolute atomic E-state index is 0.158. The number of β-amino-alcohol motifs (C(OH)–C–C–N with tert-alkyl or cyclic N) is 1. The summed E-state index contributed by atoms with van der Waals surface area (Å²) in [5, 5.41) is 9.66. The number of rotatable bonds is 2. The first kappa shape index (κ1) is 11.6. The van der Waals surface area contributed by atoms with Gasteiger partial charge in [-0.1, -0.05) is 6.07 Å². The molecule has 1 aliphatic rings. The predicted octanol–water partition coefficient (Wildman–Crippen LogP) is 1.91. The summed E-state index contributed by atoms with van der Waals surface area (Å²) >= 11 is 0. The van der Waals surface area contributed by atoms with E-state index in [1.165, 1.54) is 5.56 Å². The van der Waals surface area contributed by atoms with Crippen molar-refractivity contribution in [3.8, 4) is 0 Å². The van der Waals surface area contributed by atoms with Crippen LogP contribution < -0.4 is 0 Å². The zero-order chi connectivity index (χ0) is 11.5. The number of hydrogen-bond donors (Lipinski definition) is 1. The van der Waals surface area contributed by atoms with Crippen molar-refractivity contribution in [1.82, 2.24) is 9.88 Å². The van der Waals surface area contributed by atoms with Crippen molar-refractivity contribution in [2.24, 2.45) is 0 Å². The van der Waals surface area contributed by atoms with Crippen molar-refractivity contribution < 1.29 is 5.11 Å². The van der Waals surface area contributed by atoms with Crippen molar-refractivity contribution in [2.45, 2.75) is 38.8 Å². The third kappa shape index (κ3) is 2.60. The molecule has 16 heavy (non-hydrogen) atoms. The highest BCUT2D eigenvalue weighted by atomic mass is 16.3. The van der Waals surface area contributed by atoms with E-state index >= 15 is 0 Å². The van der Waals surface area contributed by atoms with E-state index in [2.05, 4.69) is 22.9 Å². The lowest BCUT2D eigenvalue weighted by atomic mass is 10.0. The molecule has 0 spiro atoms. The first-order chi connectivity index (χ1) is 7.66. The molecule has 0 amide bonds. The average Bonchev–Trinajstić information content (AvgIpc) is 2.29. The third-order valence-electron chi connectivity index (χ3n) is 3.39. The first-order valence-electron chi connectivity index (χ1n) is 6.01. The van der Waals surface area contributed by atoms with E-state index in [0.717, 1.165) is 31.6 Å². The van der Waals surface area contributed by atoms with Crippen LogP contribution in [-0.4, -0.2) is 34.2 Å². The highest BCUT2D eigenvalue weighted by Gasteiger charge is 2.22. The van der Waals surface area contributed by atoms with Gasteiger partial charge in [0.05, 0.1) is 6.10 Å². The molecular weight excluding hydrogens is 200 g/mol. The molecule has 88 valence electrons. The first-order valence-corrected chi connectivity index (χ1v) is 6.01. The number of nitrogens with zero attached hydrogens (tertiary/aromatic N) is 2. The summed E-state index contributed by atoms with van der Waals surface area (Å²) in [7, 11) is 0. The summed E-state index contributed by atoms with van der Waals surface area (Å²) in [6.45, 7) is 6.05. The van der Waals surface area contributed by atoms with Crippen LogP contribution in [0.4, 0.5) is 0 Å². The molecule has 1 aromatic rings. The molecule has 0 saturated carbocycles. The normalized spacial score (nSPS) is 24.3. The quantitative estimate of drug-likeness (QED) is 0.827. The molecule has 0 aliphatic carbocycles. The monoisotopic (exact) mass is 220 g/mol. The molecule has 2 heterocycles. The lowest BCUT2D eigenvalue weighted by molar-refractivity contribution is 0.0503. The van der Waals surface area contributed by atoms with E-state index in [0.29, 0.717) is 6.04 Å². The molecule has 0 bridgehead atoms. The highest BCUT2D eigenvalue weighted by molar-refractivity contribution is 5.16. The maximum atomic E-state index is 9.66. The van der Waals surface area contributed by atoms with Crippen molar-refractivity contribution in [3.63, 3.8) is 0 Å². The van der Waals surface area contributed by atoms with E-state index in [9.17, 15) is 5.11 Å². The number of aryl methyl sites for hydroxylation is 1. The van der Waals surface area contributed by atoms with Gasteiger partial charge in [-0.3, -0.25) is 9.88 Å². The Hall–Kier alpha value is -0.930. The number of pyridine rings is 1. The van der Waals surface area contributed by atoms with Gasteiger partial charge in [-0.05, 0) is 44.9 Å². The molecule has 3 heteroatoms. The maximum absolute atomic E-state index is 9.66. The molecule has 2 atom stereocenters. The van der Waals surface area contributed by atoms with Crippen LogP contribution >= 0.6 is 0 Å². The SMILES string of the molecule is Cc1ccc(C(C)N2CCC[C@H](O)C2)cn1. The summed E-state index contributed by atoms with van der Waals surface area (Å²) in [6.07, 6.45) is 3.82. The molecule has 1 unspecified atom stereocenters. The lowest BCUT2D eigenvalue weighted by Crippen LogP contribution is -2.39. The molecule has 1 N–H and O–H groups in total. The Balaban J connectivity index is 2.06. The van der Waals surface area contributed by atoms with Gasteiger partial charge < -0.3 is 5.11 Å². The second kappa shape index (κ2) is 4.93. The Bertz CT molecular complexity index is 336. The van der Waals surface area contributed by atoms with Gasteiger partial charge in [0.25, 0.3) is 0 Å². The second-order valence-electron chi connectivity index (χ2n) is 4.70. The Morgan fingerprint density at radius 3 is 2.94 bits per heavy atom. The van der Waals surface area contributed by atoms with Gasteiger partial charge in [0.2, 0.25) is 0 Å². The molecule has 0 aromatic carbocycles. The number of aromatic nitrogens is 1. The van der Waals surface area contributed by atoms with Crippen LogP contribution in [0.3, 0.4) is 0 Å². The Labute approximate surface area is 97.1 Å². The number of aliphatic hydroxyl groups is 1. The fourth-order valence-electron chi connectivity index (χ4n) is 2.27. The zero-order valence-electron chi connectivity index (χ0n) is 10.1. The second-order valence-corrected chi connectivity index (χ2v) is 4.70. The topological polar surface area (TPSA) is 36.4 Å². The van der Waals surface area contributed by atoms with Gasteiger partial charge in [0.15, 0.2) is 0 Å². The van der Waals surface area contributed by atoms with E-state index in [4.69, 9.17) is 0 Å². The molecular formula is C13H20N2O. The van der Waals surface area contributed by atoms with Crippen LogP contribution in [0.15, 0.2) is 18.3 Å². The molecule has 1 aliphatic heterocycles. The predicted molar refractivity (Wildman–Crippen MR) is 64.2 cm³/mol. The smallest absolute Gasteiger partial charge is 0.0667 e. The molecule has 3 nitrogen and oxygen atoms in total. The van der Waals surface area contributed by atoms with Gasteiger partial charge in [-0.15, -0.1) is 0 Å². The fourth-order valence-corrected chi connectivity index (χ4v) is 2.27. The zero-order valence-corrected chi connectivity index (χ0v) is 10.1. The van der Waals surface area contributed by atoms with Crippen LogP contribution in [0.1, 0.15) is 37.1 Å². The van der Waals surface area contributed by atoms with Crippen LogP contribution in [0.25, 0.3) is 0 Å². The molecule has 1 aromatic heterocycles. The van der Waals surface area contributed by atoms with Gasteiger partial charge in [0, 0.05) is 24.5 Å². The van der Waals surface area contributed by atoms with Gasteiger partial charge in [-0.2, -0.15) is 0 Å². The third-order valence-corrected chi connectivity index (χ3v) is 3.39. The summed E-state index contributed by atoms with van der Waals surface area (Å²) in [5.74, 6) is 0. The van der Waals surface area contributed by atoms with Crippen molar-refractivity contribution in [2.75, 3.05) is 13.1 Å². The Kier molecular flexibility index (Phi) is 3.56. The number of aliphatic hydroxyl groups excluding tert-OH is 1. The fraction of sp³-hybridized carbons (Fsp3) is 0.615. The van der Waals surface area contributed by atoms with Crippen molar-refractivity contribution in [1.29, 1.82) is 0 Å². The number of piperidine rings is 1.